The lowest BCUT2D eigenvalue weighted by Crippen LogP contribution is -2.12. The minimum atomic E-state index is -4.67. The summed E-state index contributed by atoms with van der Waals surface area (Å²) in [5.41, 5.74) is 5.49. The Balaban J connectivity index is 0. The summed E-state index contributed by atoms with van der Waals surface area (Å²) >= 11 is 0. The Morgan fingerprint density at radius 3 is 1.89 bits per heavy atom. The molecule has 6 heteroatoms. The third kappa shape index (κ3) is 20.3. The quantitative estimate of drug-likeness (QED) is 0.472. The molecule has 0 spiro atoms. The molecule has 4 N–H and O–H groups in total. The number of hydrogen-bond acceptors (Lipinski definition) is 3. The molecule has 0 rings (SSSR count). The predicted octanol–water partition coefficient (Wildman–Crippen LogP) is 3.17. The van der Waals surface area contributed by atoms with E-state index in [9.17, 15) is 0 Å². The molecule has 5 nitrogen and oxygen atoms in total. The van der Waals surface area contributed by atoms with Crippen LogP contribution in [-0.2, 0) is 10.4 Å². The van der Waals surface area contributed by atoms with Crippen LogP contribution in [0.1, 0.15) is 59.8 Å². The van der Waals surface area contributed by atoms with Crippen LogP contribution in [0.3, 0.4) is 0 Å². The molecule has 0 aromatic heterocycles. The summed E-state index contributed by atoms with van der Waals surface area (Å²) in [4.78, 5) is 0. The number of unbranched alkanes of at least 4 members (excludes halogenated alkanes) is 1. The molecule has 0 fully saturated rings. The first kappa shape index (κ1) is 21.1. The van der Waals surface area contributed by atoms with Gasteiger partial charge < -0.3 is 5.73 Å². The van der Waals surface area contributed by atoms with Gasteiger partial charge in [-0.25, -0.2) is 0 Å². The number of hydrogen-bond donors (Lipinski definition) is 3. The van der Waals surface area contributed by atoms with E-state index in [1.165, 1.54) is 32.1 Å². The lowest BCUT2D eigenvalue weighted by Gasteiger charge is -2.22. The molecule has 0 saturated carbocycles. The monoisotopic (exact) mass is 297 g/mol. The first-order valence-corrected chi connectivity index (χ1v) is 8.41. The van der Waals surface area contributed by atoms with Gasteiger partial charge in [-0.05, 0) is 37.1 Å². The van der Waals surface area contributed by atoms with Crippen molar-refractivity contribution in [2.45, 2.75) is 59.8 Å². The highest BCUT2D eigenvalue weighted by Gasteiger charge is 2.14. The van der Waals surface area contributed by atoms with Crippen molar-refractivity contribution < 1.29 is 17.5 Å². The van der Waals surface area contributed by atoms with Crippen LogP contribution in [0.4, 0.5) is 0 Å². The van der Waals surface area contributed by atoms with Crippen molar-refractivity contribution in [3.8, 4) is 0 Å². The van der Waals surface area contributed by atoms with Gasteiger partial charge in [-0.2, -0.15) is 8.42 Å². The summed E-state index contributed by atoms with van der Waals surface area (Å²) in [6.45, 7) is 10.3. The summed E-state index contributed by atoms with van der Waals surface area (Å²) in [5, 5.41) is 0. The van der Waals surface area contributed by atoms with Crippen LogP contribution in [-0.4, -0.2) is 24.1 Å². The van der Waals surface area contributed by atoms with Gasteiger partial charge >= 0.3 is 10.4 Å². The maximum absolute atomic E-state index is 8.74. The zero-order valence-corrected chi connectivity index (χ0v) is 13.5. The Bertz CT molecular complexity index is 285. The predicted molar refractivity (Wildman–Crippen MR) is 79.5 cm³/mol. The second kappa shape index (κ2) is 11.6. The van der Waals surface area contributed by atoms with Crippen LogP contribution < -0.4 is 5.73 Å². The normalized spacial score (nSPS) is 16.2. The highest BCUT2D eigenvalue weighted by Crippen LogP contribution is 2.25. The lowest BCUT2D eigenvalue weighted by atomic mass is 9.84. The van der Waals surface area contributed by atoms with E-state index >= 15 is 0 Å². The van der Waals surface area contributed by atoms with E-state index < -0.39 is 10.4 Å². The van der Waals surface area contributed by atoms with Crippen molar-refractivity contribution in [1.29, 1.82) is 0 Å². The molecule has 0 aliphatic heterocycles. The van der Waals surface area contributed by atoms with Gasteiger partial charge in [0, 0.05) is 0 Å². The molecule has 19 heavy (non-hydrogen) atoms. The molecule has 0 bridgehead atoms. The zero-order chi connectivity index (χ0) is 15.5. The van der Waals surface area contributed by atoms with Crippen molar-refractivity contribution in [2.75, 3.05) is 6.54 Å². The molecule has 118 valence electrons. The topological polar surface area (TPSA) is 101 Å². The lowest BCUT2D eigenvalue weighted by molar-refractivity contribution is 0.290. The van der Waals surface area contributed by atoms with E-state index in [0.717, 1.165) is 24.3 Å². The van der Waals surface area contributed by atoms with Crippen LogP contribution >= 0.6 is 0 Å². The molecule has 0 aliphatic carbocycles. The van der Waals surface area contributed by atoms with Crippen LogP contribution in [0.5, 0.6) is 0 Å². The van der Waals surface area contributed by atoms with Gasteiger partial charge in [0.15, 0.2) is 0 Å². The van der Waals surface area contributed by atoms with Crippen LogP contribution in [0.25, 0.3) is 0 Å². The molecule has 0 heterocycles. The fourth-order valence-electron chi connectivity index (χ4n) is 1.93. The van der Waals surface area contributed by atoms with Crippen LogP contribution in [0.2, 0.25) is 0 Å². The highest BCUT2D eigenvalue weighted by atomic mass is 32.3. The summed E-state index contributed by atoms with van der Waals surface area (Å²) in [7, 11) is -4.67. The van der Waals surface area contributed by atoms with Gasteiger partial charge in [0.05, 0.1) is 0 Å². The Morgan fingerprint density at radius 2 is 1.53 bits per heavy atom. The summed E-state index contributed by atoms with van der Waals surface area (Å²) in [5.74, 6) is 2.64. The maximum Gasteiger partial charge on any atom is 0.394 e. The molecular formula is C13H31NO4S. The first-order valence-electron chi connectivity index (χ1n) is 7.01. The summed E-state index contributed by atoms with van der Waals surface area (Å²) in [6, 6.07) is 0. The SMILES string of the molecule is CCC(C)CC(C)C(C)CCCCN.O=S(=O)(O)O. The van der Waals surface area contributed by atoms with Gasteiger partial charge in [-0.3, -0.25) is 9.11 Å². The molecular weight excluding hydrogens is 266 g/mol. The molecule has 0 aromatic carbocycles. The van der Waals surface area contributed by atoms with Crippen molar-refractivity contribution >= 4 is 10.4 Å². The van der Waals surface area contributed by atoms with Gasteiger partial charge in [-0.1, -0.05) is 47.0 Å². The van der Waals surface area contributed by atoms with E-state index in [1.54, 1.807) is 0 Å². The Labute approximate surface area is 118 Å². The maximum atomic E-state index is 8.74. The fourth-order valence-corrected chi connectivity index (χ4v) is 1.93. The number of rotatable bonds is 8. The van der Waals surface area contributed by atoms with E-state index in [0.29, 0.717) is 0 Å². The molecule has 0 aromatic rings. The van der Waals surface area contributed by atoms with Crippen LogP contribution in [0, 0.1) is 17.8 Å². The van der Waals surface area contributed by atoms with Crippen molar-refractivity contribution in [2.24, 2.45) is 23.5 Å². The van der Waals surface area contributed by atoms with Crippen molar-refractivity contribution in [1.82, 2.24) is 0 Å². The zero-order valence-electron chi connectivity index (χ0n) is 12.7. The minimum absolute atomic E-state index is 0.854. The van der Waals surface area contributed by atoms with Crippen LogP contribution in [0.15, 0.2) is 0 Å². The van der Waals surface area contributed by atoms with E-state index in [1.807, 2.05) is 0 Å². The number of nitrogens with two attached hydrogens (primary N) is 1. The fraction of sp³-hybridized carbons (Fsp3) is 1.00. The Hall–Kier alpha value is -0.170. The third-order valence-corrected chi connectivity index (χ3v) is 3.56. The Morgan fingerprint density at radius 1 is 1.05 bits per heavy atom. The van der Waals surface area contributed by atoms with Crippen molar-refractivity contribution in [3.05, 3.63) is 0 Å². The molecule has 0 radical (unpaired) electrons. The van der Waals surface area contributed by atoms with Crippen molar-refractivity contribution in [3.63, 3.8) is 0 Å². The molecule has 0 amide bonds. The summed E-state index contributed by atoms with van der Waals surface area (Å²) in [6.07, 6.45) is 6.57. The molecule has 0 aliphatic rings. The van der Waals surface area contributed by atoms with E-state index in [-0.39, 0.29) is 0 Å². The van der Waals surface area contributed by atoms with Gasteiger partial charge in [0.25, 0.3) is 0 Å². The molecule has 3 unspecified atom stereocenters. The van der Waals surface area contributed by atoms with Gasteiger partial charge in [-0.15, -0.1) is 0 Å². The van der Waals surface area contributed by atoms with Gasteiger partial charge in [0.2, 0.25) is 0 Å². The van der Waals surface area contributed by atoms with E-state index in [4.69, 9.17) is 23.3 Å². The minimum Gasteiger partial charge on any atom is -0.330 e. The molecule has 0 saturated heterocycles. The first-order chi connectivity index (χ1) is 8.61. The third-order valence-electron chi connectivity index (χ3n) is 3.56. The average Bonchev–Trinajstić information content (AvgIpc) is 2.26. The second-order valence-corrected chi connectivity index (χ2v) is 6.33. The largest absolute Gasteiger partial charge is 0.394 e. The van der Waals surface area contributed by atoms with Gasteiger partial charge in [0.1, 0.15) is 0 Å². The summed E-state index contributed by atoms with van der Waals surface area (Å²) < 4.78 is 31.6. The second-order valence-electron chi connectivity index (χ2n) is 5.44. The average molecular weight is 297 g/mol. The Kier molecular flexibility index (Phi) is 12.9. The standard InChI is InChI=1S/C13H29N.H2O4S/c1-5-11(2)10-13(4)12(3)8-6-7-9-14;1-5(2,3)4/h11-13H,5-10,14H2,1-4H3;(H2,1,2,3,4). The smallest absolute Gasteiger partial charge is 0.330 e. The highest BCUT2D eigenvalue weighted by molar-refractivity contribution is 7.79. The molecule has 3 atom stereocenters. The van der Waals surface area contributed by atoms with E-state index in [2.05, 4.69) is 27.7 Å².